The summed E-state index contributed by atoms with van der Waals surface area (Å²) in [6.07, 6.45) is 1.70. The number of hydrogen-bond donors (Lipinski definition) is 1. The van der Waals surface area contributed by atoms with E-state index in [1.165, 1.54) is 54.2 Å². The summed E-state index contributed by atoms with van der Waals surface area (Å²) in [7, 11) is 0. The molecule has 1 atom stereocenters. The smallest absolute Gasteiger partial charge is 0.242 e. The lowest BCUT2D eigenvalue weighted by Gasteiger charge is -2.15. The third-order valence-corrected chi connectivity index (χ3v) is 5.60. The number of nitrogens with zero attached hydrogens (tertiary/aromatic N) is 2. The molecule has 0 aromatic heterocycles. The van der Waals surface area contributed by atoms with Gasteiger partial charge in [0.1, 0.15) is 16.9 Å². The molecule has 1 aliphatic heterocycles. The summed E-state index contributed by atoms with van der Waals surface area (Å²) >= 11 is 1.22. The maximum atomic E-state index is 13.7. The Morgan fingerprint density at radius 3 is 2.54 bits per heavy atom. The molecule has 2 fully saturated rings. The van der Waals surface area contributed by atoms with E-state index in [4.69, 9.17) is 0 Å². The summed E-state index contributed by atoms with van der Waals surface area (Å²) in [5.74, 6) is -1.49. The standard InChI is InChI=1S/C20H17F2N3O2S/c21-12-5-7-13(8-6-12)23-20-25(14-9-10-14)19(27)17(28-20)11-18(26)24-16-4-2-1-3-15(16)22/h1-8,14,17H,9-11H2,(H,24,26)/t17-/m1/s1. The first-order chi connectivity index (χ1) is 13.5. The van der Waals surface area contributed by atoms with Gasteiger partial charge in [0.25, 0.3) is 0 Å². The molecule has 2 amide bonds. The summed E-state index contributed by atoms with van der Waals surface area (Å²) in [5.41, 5.74) is 0.626. The zero-order chi connectivity index (χ0) is 19.7. The van der Waals surface area contributed by atoms with Gasteiger partial charge in [0.05, 0.1) is 11.4 Å². The number of amidine groups is 1. The molecule has 1 saturated carbocycles. The van der Waals surface area contributed by atoms with Gasteiger partial charge in [-0.15, -0.1) is 0 Å². The van der Waals surface area contributed by atoms with Crippen molar-refractivity contribution < 1.29 is 18.4 Å². The van der Waals surface area contributed by atoms with Crippen molar-refractivity contribution in [3.05, 3.63) is 60.2 Å². The van der Waals surface area contributed by atoms with Crippen LogP contribution in [0.4, 0.5) is 20.2 Å². The second kappa shape index (κ2) is 7.71. The van der Waals surface area contributed by atoms with Crippen LogP contribution in [0.15, 0.2) is 53.5 Å². The van der Waals surface area contributed by atoms with E-state index in [0.29, 0.717) is 10.9 Å². The number of para-hydroxylation sites is 1. The van der Waals surface area contributed by atoms with E-state index in [1.807, 2.05) is 0 Å². The first-order valence-corrected chi connectivity index (χ1v) is 9.77. The third-order valence-electron chi connectivity index (χ3n) is 4.45. The van der Waals surface area contributed by atoms with Crippen LogP contribution in [0, 0.1) is 11.6 Å². The zero-order valence-corrected chi connectivity index (χ0v) is 15.6. The summed E-state index contributed by atoms with van der Waals surface area (Å²) in [4.78, 5) is 31.2. The molecule has 28 heavy (non-hydrogen) atoms. The Bertz CT molecular complexity index is 945. The van der Waals surface area contributed by atoms with Gasteiger partial charge in [-0.05, 0) is 49.2 Å². The lowest BCUT2D eigenvalue weighted by molar-refractivity contribution is -0.128. The van der Waals surface area contributed by atoms with Crippen molar-refractivity contribution in [2.24, 2.45) is 4.99 Å². The quantitative estimate of drug-likeness (QED) is 0.821. The Morgan fingerprint density at radius 2 is 1.86 bits per heavy atom. The number of carbonyl (C=O) groups is 2. The third kappa shape index (κ3) is 4.06. The first kappa shape index (κ1) is 18.6. The highest BCUT2D eigenvalue weighted by molar-refractivity contribution is 8.15. The fourth-order valence-corrected chi connectivity index (χ4v) is 4.13. The first-order valence-electron chi connectivity index (χ1n) is 8.89. The van der Waals surface area contributed by atoms with Crippen LogP contribution in [-0.2, 0) is 9.59 Å². The average Bonchev–Trinajstić information content (AvgIpc) is 3.45. The predicted molar refractivity (Wildman–Crippen MR) is 104 cm³/mol. The van der Waals surface area contributed by atoms with Crippen LogP contribution >= 0.6 is 11.8 Å². The van der Waals surface area contributed by atoms with Gasteiger partial charge in [0.15, 0.2) is 5.17 Å². The molecule has 2 aliphatic rings. The summed E-state index contributed by atoms with van der Waals surface area (Å²) in [6, 6.07) is 11.7. The molecule has 5 nitrogen and oxygen atoms in total. The predicted octanol–water partition coefficient (Wildman–Crippen LogP) is 4.09. The number of aliphatic imine (C=N–C) groups is 1. The highest BCUT2D eigenvalue weighted by Crippen LogP contribution is 2.39. The van der Waals surface area contributed by atoms with Crippen LogP contribution < -0.4 is 5.32 Å². The van der Waals surface area contributed by atoms with Gasteiger partial charge in [-0.2, -0.15) is 0 Å². The van der Waals surface area contributed by atoms with Gasteiger partial charge >= 0.3 is 0 Å². The van der Waals surface area contributed by atoms with E-state index in [-0.39, 0.29) is 29.9 Å². The minimum absolute atomic E-state index is 0.0799. The number of thioether (sulfide) groups is 1. The Kier molecular flexibility index (Phi) is 5.13. The normalized spacial score (nSPS) is 20.6. The number of halogens is 2. The Labute approximate surface area is 164 Å². The summed E-state index contributed by atoms with van der Waals surface area (Å²) < 4.78 is 26.8. The number of rotatable bonds is 5. The SMILES string of the molecule is O=C(C[C@H]1SC(=Nc2ccc(F)cc2)N(C2CC2)C1=O)Nc1ccccc1F. The minimum atomic E-state index is -0.619. The molecule has 4 rings (SSSR count). The fraction of sp³-hybridized carbons (Fsp3) is 0.250. The van der Waals surface area contributed by atoms with E-state index < -0.39 is 17.0 Å². The molecule has 0 unspecified atom stereocenters. The molecular formula is C20H17F2N3O2S. The maximum absolute atomic E-state index is 13.7. The van der Waals surface area contributed by atoms with E-state index in [9.17, 15) is 18.4 Å². The number of anilines is 1. The summed E-state index contributed by atoms with van der Waals surface area (Å²) in [6.45, 7) is 0. The Morgan fingerprint density at radius 1 is 1.14 bits per heavy atom. The van der Waals surface area contributed by atoms with E-state index in [0.717, 1.165) is 12.8 Å². The lowest BCUT2D eigenvalue weighted by Crippen LogP contribution is -2.35. The van der Waals surface area contributed by atoms with E-state index >= 15 is 0 Å². The van der Waals surface area contributed by atoms with Crippen LogP contribution in [0.3, 0.4) is 0 Å². The fourth-order valence-electron chi connectivity index (χ4n) is 2.92. The average molecular weight is 401 g/mol. The monoisotopic (exact) mass is 401 g/mol. The zero-order valence-electron chi connectivity index (χ0n) is 14.8. The van der Waals surface area contributed by atoms with Gasteiger partial charge < -0.3 is 5.32 Å². The Hall–Kier alpha value is -2.74. The van der Waals surface area contributed by atoms with Crippen molar-refractivity contribution in [2.45, 2.75) is 30.6 Å². The molecule has 2 aromatic carbocycles. The highest BCUT2D eigenvalue weighted by Gasteiger charge is 2.46. The molecule has 0 spiro atoms. The van der Waals surface area contributed by atoms with Crippen LogP contribution in [0.2, 0.25) is 0 Å². The Balaban J connectivity index is 1.49. The van der Waals surface area contributed by atoms with E-state index in [1.54, 1.807) is 11.0 Å². The number of benzene rings is 2. The largest absolute Gasteiger partial charge is 0.324 e. The van der Waals surface area contributed by atoms with Gasteiger partial charge in [-0.25, -0.2) is 13.8 Å². The molecule has 1 saturated heterocycles. The second-order valence-electron chi connectivity index (χ2n) is 6.65. The van der Waals surface area contributed by atoms with Gasteiger partial charge in [0, 0.05) is 12.5 Å². The number of hydrogen-bond acceptors (Lipinski definition) is 4. The molecular weight excluding hydrogens is 384 g/mol. The van der Waals surface area contributed by atoms with Crippen molar-refractivity contribution in [3.63, 3.8) is 0 Å². The van der Waals surface area contributed by atoms with Crippen molar-refractivity contribution in [2.75, 3.05) is 5.32 Å². The number of amides is 2. The summed E-state index contributed by atoms with van der Waals surface area (Å²) in [5, 5.41) is 2.41. The highest BCUT2D eigenvalue weighted by atomic mass is 32.2. The van der Waals surface area contributed by atoms with Gasteiger partial charge in [-0.3, -0.25) is 14.5 Å². The molecule has 0 radical (unpaired) electrons. The molecule has 1 N–H and O–H groups in total. The van der Waals surface area contributed by atoms with Crippen LogP contribution in [0.1, 0.15) is 19.3 Å². The molecule has 144 valence electrons. The van der Waals surface area contributed by atoms with Crippen LogP contribution in [0.25, 0.3) is 0 Å². The number of nitrogens with one attached hydrogen (secondary N) is 1. The molecule has 1 aliphatic carbocycles. The van der Waals surface area contributed by atoms with Crippen molar-refractivity contribution in [1.82, 2.24) is 4.90 Å². The maximum Gasteiger partial charge on any atom is 0.242 e. The topological polar surface area (TPSA) is 61.8 Å². The van der Waals surface area contributed by atoms with Crippen molar-refractivity contribution in [3.8, 4) is 0 Å². The minimum Gasteiger partial charge on any atom is -0.324 e. The molecule has 0 bridgehead atoms. The van der Waals surface area contributed by atoms with Crippen molar-refractivity contribution >= 4 is 40.1 Å². The van der Waals surface area contributed by atoms with Gasteiger partial charge in [0.2, 0.25) is 11.8 Å². The van der Waals surface area contributed by atoms with E-state index in [2.05, 4.69) is 10.3 Å². The molecule has 8 heteroatoms. The lowest BCUT2D eigenvalue weighted by atomic mass is 10.2. The molecule has 1 heterocycles. The van der Waals surface area contributed by atoms with Gasteiger partial charge in [-0.1, -0.05) is 23.9 Å². The van der Waals surface area contributed by atoms with Crippen LogP contribution in [0.5, 0.6) is 0 Å². The van der Waals surface area contributed by atoms with Crippen molar-refractivity contribution in [1.29, 1.82) is 0 Å². The number of carbonyl (C=O) groups excluding carboxylic acids is 2. The molecule has 2 aromatic rings. The second-order valence-corrected chi connectivity index (χ2v) is 7.82. The van der Waals surface area contributed by atoms with Crippen LogP contribution in [-0.4, -0.2) is 33.2 Å².